The van der Waals surface area contributed by atoms with E-state index in [-0.39, 0.29) is 16.5 Å². The Morgan fingerprint density at radius 1 is 1.33 bits per heavy atom. The Morgan fingerprint density at radius 2 is 1.93 bits per heavy atom. The van der Waals surface area contributed by atoms with Crippen LogP contribution >= 0.6 is 22.4 Å². The molecule has 0 saturated carbocycles. The van der Waals surface area contributed by atoms with E-state index in [0.717, 1.165) is 0 Å². The first-order chi connectivity index (χ1) is 7.06. The highest BCUT2D eigenvalue weighted by Gasteiger charge is 2.16. The van der Waals surface area contributed by atoms with Crippen LogP contribution in [0.4, 0.5) is 0 Å². The van der Waals surface area contributed by atoms with Crippen LogP contribution in [0.15, 0.2) is 35.2 Å². The molecule has 0 aromatic heterocycles. The SMILES string of the molecule is O=S(=O)(SCC(O)CCl)c1ccccc1. The van der Waals surface area contributed by atoms with E-state index >= 15 is 0 Å². The molecule has 0 fully saturated rings. The number of benzene rings is 1. The molecule has 0 bridgehead atoms. The number of aliphatic hydroxyl groups is 1. The normalized spacial score (nSPS) is 13.7. The summed E-state index contributed by atoms with van der Waals surface area (Å²) in [5, 5.41) is 9.15. The summed E-state index contributed by atoms with van der Waals surface area (Å²) in [5.74, 6) is 0.123. The van der Waals surface area contributed by atoms with Crippen LogP contribution in [0.2, 0.25) is 0 Å². The Morgan fingerprint density at radius 3 is 2.47 bits per heavy atom. The van der Waals surface area contributed by atoms with Gasteiger partial charge in [-0.05, 0) is 22.9 Å². The van der Waals surface area contributed by atoms with Gasteiger partial charge in [0.1, 0.15) is 0 Å². The molecule has 3 nitrogen and oxygen atoms in total. The van der Waals surface area contributed by atoms with Gasteiger partial charge in [0.25, 0.3) is 0 Å². The lowest BCUT2D eigenvalue weighted by molar-refractivity contribution is 0.224. The van der Waals surface area contributed by atoms with Crippen molar-refractivity contribution in [1.82, 2.24) is 0 Å². The molecule has 0 aliphatic heterocycles. The summed E-state index contributed by atoms with van der Waals surface area (Å²) in [6.07, 6.45) is -0.796. The predicted molar refractivity (Wildman–Crippen MR) is 62.8 cm³/mol. The van der Waals surface area contributed by atoms with Gasteiger partial charge in [0.15, 0.2) is 0 Å². The van der Waals surface area contributed by atoms with Gasteiger partial charge < -0.3 is 5.11 Å². The van der Waals surface area contributed by atoms with Crippen molar-refractivity contribution in [3.05, 3.63) is 30.3 Å². The number of halogens is 1. The van der Waals surface area contributed by atoms with E-state index in [1.165, 1.54) is 12.1 Å². The van der Waals surface area contributed by atoms with Crippen molar-refractivity contribution in [1.29, 1.82) is 0 Å². The Balaban J connectivity index is 2.69. The van der Waals surface area contributed by atoms with Gasteiger partial charge in [-0.25, -0.2) is 8.42 Å². The van der Waals surface area contributed by atoms with Crippen molar-refractivity contribution in [2.24, 2.45) is 0 Å². The molecule has 0 amide bonds. The van der Waals surface area contributed by atoms with Gasteiger partial charge in [-0.3, -0.25) is 0 Å². The van der Waals surface area contributed by atoms with Crippen LogP contribution in [-0.4, -0.2) is 31.3 Å². The number of aliphatic hydroxyl groups excluding tert-OH is 1. The van der Waals surface area contributed by atoms with Crippen LogP contribution in [0, 0.1) is 0 Å². The molecule has 0 radical (unpaired) electrons. The average molecular weight is 267 g/mol. The van der Waals surface area contributed by atoms with Crippen LogP contribution in [0.25, 0.3) is 0 Å². The predicted octanol–water partition coefficient (Wildman–Crippen LogP) is 1.71. The summed E-state index contributed by atoms with van der Waals surface area (Å²) in [7, 11) is -2.67. The minimum absolute atomic E-state index is 0.0390. The Hall–Kier alpha value is -0.230. The zero-order chi connectivity index (χ0) is 11.3. The molecule has 0 aliphatic carbocycles. The molecule has 6 heteroatoms. The quantitative estimate of drug-likeness (QED) is 0.651. The highest BCUT2D eigenvalue weighted by atomic mass is 35.5. The molecule has 1 unspecified atom stereocenters. The second-order valence-electron chi connectivity index (χ2n) is 2.86. The second-order valence-corrected chi connectivity index (χ2v) is 7.14. The first-order valence-electron chi connectivity index (χ1n) is 4.25. The molecule has 1 aromatic rings. The molecule has 1 rings (SSSR count). The van der Waals surface area contributed by atoms with Gasteiger partial charge >= 0.3 is 0 Å². The van der Waals surface area contributed by atoms with E-state index in [9.17, 15) is 8.42 Å². The molecule has 1 aromatic carbocycles. The molecular formula is C9H11ClO3S2. The van der Waals surface area contributed by atoms with Crippen molar-refractivity contribution in [3.8, 4) is 0 Å². The minimum atomic E-state index is -3.37. The molecule has 1 atom stereocenters. The zero-order valence-corrected chi connectivity index (χ0v) is 10.2. The van der Waals surface area contributed by atoms with Crippen molar-refractivity contribution >= 4 is 31.3 Å². The average Bonchev–Trinajstić information content (AvgIpc) is 2.27. The first kappa shape index (κ1) is 12.8. The molecule has 1 N–H and O–H groups in total. The Labute approximate surface area is 97.8 Å². The molecule has 0 heterocycles. The third kappa shape index (κ3) is 4.03. The van der Waals surface area contributed by atoms with E-state index < -0.39 is 15.0 Å². The van der Waals surface area contributed by atoms with Crippen LogP contribution in [0.5, 0.6) is 0 Å². The van der Waals surface area contributed by atoms with Gasteiger partial charge in [-0.15, -0.1) is 11.6 Å². The van der Waals surface area contributed by atoms with E-state index in [1.807, 2.05) is 0 Å². The second kappa shape index (κ2) is 5.75. The highest BCUT2D eigenvalue weighted by molar-refractivity contribution is 8.72. The lowest BCUT2D eigenvalue weighted by Gasteiger charge is -2.06. The van der Waals surface area contributed by atoms with Gasteiger partial charge in [-0.1, -0.05) is 18.2 Å². The lowest BCUT2D eigenvalue weighted by atomic mass is 10.4. The van der Waals surface area contributed by atoms with Crippen molar-refractivity contribution in [2.75, 3.05) is 11.6 Å². The summed E-state index contributed by atoms with van der Waals surface area (Å²) in [6, 6.07) is 8.11. The molecule has 0 saturated heterocycles. The fourth-order valence-corrected chi connectivity index (χ4v) is 3.94. The maximum atomic E-state index is 11.7. The molecule has 84 valence electrons. The van der Waals surface area contributed by atoms with E-state index in [1.54, 1.807) is 18.2 Å². The van der Waals surface area contributed by atoms with Crippen LogP contribution in [0.3, 0.4) is 0 Å². The molecule has 15 heavy (non-hydrogen) atoms. The first-order valence-corrected chi connectivity index (χ1v) is 7.77. The van der Waals surface area contributed by atoms with E-state index in [2.05, 4.69) is 0 Å². The molecule has 0 aliphatic rings. The Bertz CT molecular complexity index is 391. The highest BCUT2D eigenvalue weighted by Crippen LogP contribution is 2.23. The van der Waals surface area contributed by atoms with Gasteiger partial charge in [-0.2, -0.15) is 0 Å². The summed E-state index contributed by atoms with van der Waals surface area (Å²) < 4.78 is 23.3. The summed E-state index contributed by atoms with van der Waals surface area (Å²) in [4.78, 5) is 0.247. The van der Waals surface area contributed by atoms with Crippen LogP contribution < -0.4 is 0 Å². The monoisotopic (exact) mass is 266 g/mol. The molecule has 0 spiro atoms. The summed E-state index contributed by atoms with van der Waals surface area (Å²) in [5.41, 5.74) is 0. The van der Waals surface area contributed by atoms with Gasteiger partial charge in [0, 0.05) is 11.6 Å². The fourth-order valence-electron chi connectivity index (χ4n) is 0.868. The van der Waals surface area contributed by atoms with Crippen LogP contribution in [0.1, 0.15) is 0 Å². The maximum absolute atomic E-state index is 11.7. The third-order valence-electron chi connectivity index (χ3n) is 1.63. The van der Waals surface area contributed by atoms with Crippen molar-refractivity contribution in [2.45, 2.75) is 11.0 Å². The number of alkyl halides is 1. The van der Waals surface area contributed by atoms with E-state index in [4.69, 9.17) is 16.7 Å². The largest absolute Gasteiger partial charge is 0.391 e. The zero-order valence-electron chi connectivity index (χ0n) is 7.84. The van der Waals surface area contributed by atoms with Crippen molar-refractivity contribution in [3.63, 3.8) is 0 Å². The Kier molecular flexibility index (Phi) is 4.92. The number of hydrogen-bond acceptors (Lipinski definition) is 4. The lowest BCUT2D eigenvalue weighted by Crippen LogP contribution is -2.13. The topological polar surface area (TPSA) is 54.4 Å². The molecular weight excluding hydrogens is 256 g/mol. The van der Waals surface area contributed by atoms with E-state index in [0.29, 0.717) is 10.8 Å². The van der Waals surface area contributed by atoms with Gasteiger partial charge in [0.2, 0.25) is 8.87 Å². The third-order valence-corrected chi connectivity index (χ3v) is 5.58. The number of rotatable bonds is 5. The summed E-state index contributed by atoms with van der Waals surface area (Å²) >= 11 is 5.37. The van der Waals surface area contributed by atoms with Crippen molar-refractivity contribution < 1.29 is 13.5 Å². The summed E-state index contributed by atoms with van der Waals surface area (Å²) in [6.45, 7) is 0. The number of hydrogen-bond donors (Lipinski definition) is 1. The van der Waals surface area contributed by atoms with Crippen LogP contribution in [-0.2, 0) is 8.87 Å². The van der Waals surface area contributed by atoms with Gasteiger partial charge in [0.05, 0.1) is 11.0 Å². The maximum Gasteiger partial charge on any atom is 0.230 e. The fraction of sp³-hybridized carbons (Fsp3) is 0.333. The standard InChI is InChI=1S/C9H11ClO3S2/c10-6-8(11)7-14-15(12,13)9-4-2-1-3-5-9/h1-5,8,11H,6-7H2. The minimum Gasteiger partial charge on any atom is -0.391 e. The smallest absolute Gasteiger partial charge is 0.230 e.